The summed E-state index contributed by atoms with van der Waals surface area (Å²) in [6.07, 6.45) is 0. The van der Waals surface area contributed by atoms with Crippen molar-refractivity contribution in [3.63, 3.8) is 0 Å². The molecule has 0 heterocycles. The lowest BCUT2D eigenvalue weighted by atomic mass is 10.0. The summed E-state index contributed by atoms with van der Waals surface area (Å²) in [6, 6.07) is 11.6. The first kappa shape index (κ1) is 14.4. The Morgan fingerprint density at radius 1 is 0.810 bits per heavy atom. The molecule has 0 aliphatic rings. The van der Waals surface area contributed by atoms with Crippen LogP contribution in [0.5, 0.6) is 0 Å². The molecule has 4 nitrogen and oxygen atoms in total. The van der Waals surface area contributed by atoms with E-state index in [9.17, 15) is 9.59 Å². The number of hydrogen-bond acceptors (Lipinski definition) is 2. The summed E-state index contributed by atoms with van der Waals surface area (Å²) in [6.45, 7) is 1.97. The van der Waals surface area contributed by atoms with Crippen LogP contribution in [0, 0.1) is 18.8 Å². The normalized spacial score (nSPS) is 9.57. The first-order valence-electron chi connectivity index (χ1n) is 6.16. The van der Waals surface area contributed by atoms with E-state index in [0.717, 1.165) is 11.1 Å². The molecule has 104 valence electrons. The zero-order valence-corrected chi connectivity index (χ0v) is 11.3. The maximum Gasteiger partial charge on any atom is 0.336 e. The zero-order valence-electron chi connectivity index (χ0n) is 11.3. The third-order valence-electron chi connectivity index (χ3n) is 2.88. The third-order valence-corrected chi connectivity index (χ3v) is 2.88. The lowest BCUT2D eigenvalue weighted by Crippen LogP contribution is -2.08. The van der Waals surface area contributed by atoms with Crippen molar-refractivity contribution in [1.82, 2.24) is 0 Å². The Hall–Kier alpha value is -3.06. The molecule has 0 fully saturated rings. The molecule has 21 heavy (non-hydrogen) atoms. The van der Waals surface area contributed by atoms with Gasteiger partial charge in [0.1, 0.15) is 0 Å². The second-order valence-electron chi connectivity index (χ2n) is 4.49. The molecule has 0 amide bonds. The Bertz CT molecular complexity index is 762. The minimum absolute atomic E-state index is 0.247. The molecule has 2 aromatic carbocycles. The summed E-state index contributed by atoms with van der Waals surface area (Å²) in [4.78, 5) is 22.0. The fourth-order valence-electron chi connectivity index (χ4n) is 1.77. The highest BCUT2D eigenvalue weighted by atomic mass is 16.4. The van der Waals surface area contributed by atoms with Gasteiger partial charge >= 0.3 is 11.9 Å². The molecule has 0 aromatic heterocycles. The van der Waals surface area contributed by atoms with Crippen LogP contribution in [0.4, 0.5) is 0 Å². The van der Waals surface area contributed by atoms with Crippen LogP contribution in [0.15, 0.2) is 42.5 Å². The standard InChI is InChI=1S/C17H12O4/c1-11-2-4-12(5-3-11)6-7-13-8-9-14(16(18)19)15(10-13)17(20)21/h2-5,8-10H,1H3,(H,18,19)(H,20,21). The largest absolute Gasteiger partial charge is 0.478 e. The Kier molecular flexibility index (Phi) is 4.05. The molecular weight excluding hydrogens is 268 g/mol. The molecule has 0 bridgehead atoms. The maximum atomic E-state index is 11.1. The molecule has 0 aliphatic heterocycles. The number of benzene rings is 2. The van der Waals surface area contributed by atoms with Gasteiger partial charge in [-0.3, -0.25) is 0 Å². The number of aromatic carboxylic acids is 2. The molecule has 0 radical (unpaired) electrons. The minimum Gasteiger partial charge on any atom is -0.478 e. The van der Waals surface area contributed by atoms with Gasteiger partial charge in [0.05, 0.1) is 11.1 Å². The molecule has 0 spiro atoms. The molecule has 0 saturated carbocycles. The molecule has 2 N–H and O–H groups in total. The van der Waals surface area contributed by atoms with Gasteiger partial charge in [-0.1, -0.05) is 29.5 Å². The van der Waals surface area contributed by atoms with Crippen molar-refractivity contribution in [3.8, 4) is 11.8 Å². The summed E-state index contributed by atoms with van der Waals surface area (Å²) in [5, 5.41) is 18.0. The Morgan fingerprint density at radius 3 is 1.90 bits per heavy atom. The summed E-state index contributed by atoms with van der Waals surface area (Å²) < 4.78 is 0. The van der Waals surface area contributed by atoms with Crippen molar-refractivity contribution >= 4 is 11.9 Å². The van der Waals surface area contributed by atoms with Crippen LogP contribution in [-0.2, 0) is 0 Å². The van der Waals surface area contributed by atoms with Crippen molar-refractivity contribution in [2.75, 3.05) is 0 Å². The van der Waals surface area contributed by atoms with Crippen LogP contribution in [-0.4, -0.2) is 22.2 Å². The fourth-order valence-corrected chi connectivity index (χ4v) is 1.77. The Morgan fingerprint density at radius 2 is 1.33 bits per heavy atom. The second kappa shape index (κ2) is 5.93. The van der Waals surface area contributed by atoms with Gasteiger partial charge in [-0.2, -0.15) is 0 Å². The quantitative estimate of drug-likeness (QED) is 0.829. The van der Waals surface area contributed by atoms with Crippen LogP contribution in [0.2, 0.25) is 0 Å². The highest BCUT2D eigenvalue weighted by molar-refractivity contribution is 6.01. The van der Waals surface area contributed by atoms with E-state index in [1.807, 2.05) is 31.2 Å². The predicted molar refractivity (Wildman–Crippen MR) is 77.5 cm³/mol. The van der Waals surface area contributed by atoms with Crippen molar-refractivity contribution in [2.24, 2.45) is 0 Å². The van der Waals surface area contributed by atoms with Gasteiger partial charge in [0.25, 0.3) is 0 Å². The van der Waals surface area contributed by atoms with E-state index in [-0.39, 0.29) is 11.1 Å². The van der Waals surface area contributed by atoms with Gasteiger partial charge in [0.15, 0.2) is 0 Å². The first-order valence-corrected chi connectivity index (χ1v) is 6.16. The van der Waals surface area contributed by atoms with Crippen LogP contribution in [0.1, 0.15) is 37.4 Å². The van der Waals surface area contributed by atoms with E-state index in [2.05, 4.69) is 11.8 Å². The van der Waals surface area contributed by atoms with Gasteiger partial charge in [0, 0.05) is 11.1 Å². The van der Waals surface area contributed by atoms with Crippen LogP contribution in [0.3, 0.4) is 0 Å². The minimum atomic E-state index is -1.29. The highest BCUT2D eigenvalue weighted by Crippen LogP contribution is 2.12. The molecule has 0 saturated heterocycles. The summed E-state index contributed by atoms with van der Waals surface area (Å²) in [5.41, 5.74) is 1.87. The Labute approximate surface area is 121 Å². The van der Waals surface area contributed by atoms with Gasteiger partial charge < -0.3 is 10.2 Å². The third kappa shape index (κ3) is 3.48. The molecule has 0 atom stereocenters. The average molecular weight is 280 g/mol. The van der Waals surface area contributed by atoms with Crippen molar-refractivity contribution in [2.45, 2.75) is 6.92 Å². The van der Waals surface area contributed by atoms with Crippen molar-refractivity contribution < 1.29 is 19.8 Å². The second-order valence-corrected chi connectivity index (χ2v) is 4.49. The number of carboxylic acids is 2. The van der Waals surface area contributed by atoms with Crippen LogP contribution >= 0.6 is 0 Å². The topological polar surface area (TPSA) is 74.6 Å². The van der Waals surface area contributed by atoms with Crippen molar-refractivity contribution in [1.29, 1.82) is 0 Å². The highest BCUT2D eigenvalue weighted by Gasteiger charge is 2.15. The summed E-state index contributed by atoms with van der Waals surface area (Å²) in [5.74, 6) is 3.19. The van der Waals surface area contributed by atoms with Gasteiger partial charge in [-0.05, 0) is 37.3 Å². The first-order chi connectivity index (χ1) is 9.97. The Balaban J connectivity index is 2.38. The molecule has 2 rings (SSSR count). The lowest BCUT2D eigenvalue weighted by molar-refractivity contribution is 0.0651. The summed E-state index contributed by atoms with van der Waals surface area (Å²) >= 11 is 0. The van der Waals surface area contributed by atoms with Crippen LogP contribution in [0.25, 0.3) is 0 Å². The maximum absolute atomic E-state index is 11.1. The molecular formula is C17H12O4. The van der Waals surface area contributed by atoms with Gasteiger partial charge in [-0.15, -0.1) is 0 Å². The smallest absolute Gasteiger partial charge is 0.336 e. The van der Waals surface area contributed by atoms with E-state index < -0.39 is 11.9 Å². The zero-order chi connectivity index (χ0) is 15.4. The SMILES string of the molecule is Cc1ccc(C#Cc2ccc(C(=O)O)c(C(=O)O)c2)cc1. The van der Waals surface area contributed by atoms with Gasteiger partial charge in [-0.25, -0.2) is 9.59 Å². The number of aryl methyl sites for hydroxylation is 1. The molecule has 0 aliphatic carbocycles. The number of carboxylic acid groups (broad SMARTS) is 2. The van der Waals surface area contributed by atoms with Crippen LogP contribution < -0.4 is 0 Å². The summed E-state index contributed by atoms with van der Waals surface area (Å²) in [7, 11) is 0. The van der Waals surface area contributed by atoms with E-state index in [1.165, 1.54) is 18.2 Å². The molecule has 0 unspecified atom stereocenters. The molecule has 2 aromatic rings. The fraction of sp³-hybridized carbons (Fsp3) is 0.0588. The number of carbonyl (C=O) groups is 2. The predicted octanol–water partition coefficient (Wildman–Crippen LogP) is 2.79. The van der Waals surface area contributed by atoms with E-state index in [1.54, 1.807) is 0 Å². The van der Waals surface area contributed by atoms with E-state index in [0.29, 0.717) is 5.56 Å². The molecule has 4 heteroatoms. The van der Waals surface area contributed by atoms with E-state index in [4.69, 9.17) is 10.2 Å². The van der Waals surface area contributed by atoms with E-state index >= 15 is 0 Å². The monoisotopic (exact) mass is 280 g/mol. The van der Waals surface area contributed by atoms with Crippen molar-refractivity contribution in [3.05, 3.63) is 70.3 Å². The van der Waals surface area contributed by atoms with Gasteiger partial charge in [0.2, 0.25) is 0 Å². The average Bonchev–Trinajstić information content (AvgIpc) is 2.46. The number of rotatable bonds is 2. The lowest BCUT2D eigenvalue weighted by Gasteiger charge is -2.01. The number of hydrogen-bond donors (Lipinski definition) is 2.